The number of aromatic nitrogens is 3. The number of amides is 1. The second-order valence-corrected chi connectivity index (χ2v) is 9.16. The standard InChI is InChI=1S/C27H35N5O/c1-4-24-19-26(31(3)29-24)27(33)32-16-12-23(13-17-32)25(18-21-8-6-5-7-9-21)30(2)20-22-10-14-28-15-11-22/h5-11,14-15,19,23,25H,4,12-13,16-18,20H2,1-3H3. The highest BCUT2D eigenvalue weighted by molar-refractivity contribution is 5.92. The van der Waals surface area contributed by atoms with Crippen LogP contribution in [-0.4, -0.2) is 56.7 Å². The number of benzene rings is 1. The molecule has 0 aliphatic carbocycles. The van der Waals surface area contributed by atoms with E-state index < -0.39 is 0 Å². The Labute approximate surface area is 197 Å². The Hall–Kier alpha value is -2.99. The molecule has 1 atom stereocenters. The molecule has 1 amide bonds. The number of pyridine rings is 1. The van der Waals surface area contributed by atoms with Crippen molar-refractivity contribution < 1.29 is 4.79 Å². The van der Waals surface area contributed by atoms with Crippen LogP contribution < -0.4 is 0 Å². The molecule has 3 aromatic rings. The van der Waals surface area contributed by atoms with E-state index in [1.54, 1.807) is 4.68 Å². The van der Waals surface area contributed by atoms with Gasteiger partial charge in [0, 0.05) is 45.1 Å². The van der Waals surface area contributed by atoms with Crippen LogP contribution in [0.3, 0.4) is 0 Å². The Kier molecular flexibility index (Phi) is 7.55. The van der Waals surface area contributed by atoms with Gasteiger partial charge in [0.25, 0.3) is 5.91 Å². The van der Waals surface area contributed by atoms with Gasteiger partial charge in [-0.1, -0.05) is 37.3 Å². The normalized spacial score (nSPS) is 15.7. The van der Waals surface area contributed by atoms with E-state index in [2.05, 4.69) is 71.4 Å². The quantitative estimate of drug-likeness (QED) is 0.526. The van der Waals surface area contributed by atoms with Crippen molar-refractivity contribution in [3.8, 4) is 0 Å². The molecule has 0 spiro atoms. The summed E-state index contributed by atoms with van der Waals surface area (Å²) in [5.74, 6) is 0.645. The maximum atomic E-state index is 13.1. The van der Waals surface area contributed by atoms with Crippen LogP contribution in [0.5, 0.6) is 0 Å². The molecule has 1 aromatic carbocycles. The maximum absolute atomic E-state index is 13.1. The first-order valence-corrected chi connectivity index (χ1v) is 12.0. The summed E-state index contributed by atoms with van der Waals surface area (Å²) in [7, 11) is 4.09. The number of hydrogen-bond donors (Lipinski definition) is 0. The highest BCUT2D eigenvalue weighted by Crippen LogP contribution is 2.28. The van der Waals surface area contributed by atoms with Gasteiger partial charge in [-0.3, -0.25) is 19.4 Å². The van der Waals surface area contributed by atoms with Crippen molar-refractivity contribution >= 4 is 5.91 Å². The molecule has 1 saturated heterocycles. The fourth-order valence-electron chi connectivity index (χ4n) is 4.98. The van der Waals surface area contributed by atoms with E-state index in [0.29, 0.717) is 17.7 Å². The fraction of sp³-hybridized carbons (Fsp3) is 0.444. The summed E-state index contributed by atoms with van der Waals surface area (Å²) < 4.78 is 1.73. The van der Waals surface area contributed by atoms with Gasteiger partial charge in [0.2, 0.25) is 0 Å². The van der Waals surface area contributed by atoms with E-state index >= 15 is 0 Å². The average molecular weight is 446 g/mol. The minimum atomic E-state index is 0.105. The number of piperidine rings is 1. The lowest BCUT2D eigenvalue weighted by Crippen LogP contribution is -2.46. The van der Waals surface area contributed by atoms with Gasteiger partial charge >= 0.3 is 0 Å². The van der Waals surface area contributed by atoms with E-state index in [1.165, 1.54) is 11.1 Å². The van der Waals surface area contributed by atoms with Crippen LogP contribution in [0.15, 0.2) is 60.9 Å². The Balaban J connectivity index is 1.45. The number of carbonyl (C=O) groups excluding carboxylic acids is 1. The van der Waals surface area contributed by atoms with Gasteiger partial charge in [0.05, 0.1) is 5.69 Å². The molecule has 6 nitrogen and oxygen atoms in total. The molecule has 0 N–H and O–H groups in total. The zero-order valence-electron chi connectivity index (χ0n) is 20.0. The van der Waals surface area contributed by atoms with Crippen LogP contribution in [0.4, 0.5) is 0 Å². The van der Waals surface area contributed by atoms with Crippen LogP contribution in [0.25, 0.3) is 0 Å². The second kappa shape index (κ2) is 10.8. The number of hydrogen-bond acceptors (Lipinski definition) is 4. The monoisotopic (exact) mass is 445 g/mol. The number of rotatable bonds is 8. The molecule has 6 heteroatoms. The smallest absolute Gasteiger partial charge is 0.272 e. The maximum Gasteiger partial charge on any atom is 0.272 e. The minimum Gasteiger partial charge on any atom is -0.337 e. The molecule has 3 heterocycles. The lowest BCUT2D eigenvalue weighted by Gasteiger charge is -2.40. The third-order valence-corrected chi connectivity index (χ3v) is 6.92. The summed E-state index contributed by atoms with van der Waals surface area (Å²) >= 11 is 0. The molecule has 1 aliphatic rings. The van der Waals surface area contributed by atoms with Gasteiger partial charge in [-0.15, -0.1) is 0 Å². The largest absolute Gasteiger partial charge is 0.337 e. The fourth-order valence-corrected chi connectivity index (χ4v) is 4.98. The molecule has 174 valence electrons. The summed E-state index contributed by atoms with van der Waals surface area (Å²) in [6.45, 7) is 4.56. The van der Waals surface area contributed by atoms with Crippen molar-refractivity contribution in [3.05, 3.63) is 83.4 Å². The van der Waals surface area contributed by atoms with Crippen molar-refractivity contribution in [2.75, 3.05) is 20.1 Å². The lowest BCUT2D eigenvalue weighted by atomic mass is 9.84. The molecule has 1 unspecified atom stereocenters. The minimum absolute atomic E-state index is 0.105. The first-order valence-electron chi connectivity index (χ1n) is 12.0. The topological polar surface area (TPSA) is 54.3 Å². The first-order chi connectivity index (χ1) is 16.0. The Morgan fingerprint density at radius 2 is 1.79 bits per heavy atom. The third kappa shape index (κ3) is 5.69. The third-order valence-electron chi connectivity index (χ3n) is 6.92. The van der Waals surface area contributed by atoms with Gasteiger partial charge in [-0.25, -0.2) is 0 Å². The molecule has 0 saturated carbocycles. The van der Waals surface area contributed by atoms with Gasteiger partial charge in [-0.2, -0.15) is 5.10 Å². The summed E-state index contributed by atoms with van der Waals surface area (Å²) in [4.78, 5) is 21.8. The van der Waals surface area contributed by atoms with Crippen LogP contribution in [0, 0.1) is 5.92 Å². The molecule has 4 rings (SSSR count). The molecular weight excluding hydrogens is 410 g/mol. The Bertz CT molecular complexity index is 1030. The van der Waals surface area contributed by atoms with Gasteiger partial charge in [-0.05, 0) is 68.0 Å². The summed E-state index contributed by atoms with van der Waals surface area (Å²) in [6.07, 6.45) is 7.62. The number of aryl methyl sites for hydroxylation is 2. The number of carbonyl (C=O) groups is 1. The number of nitrogens with zero attached hydrogens (tertiary/aromatic N) is 5. The van der Waals surface area contributed by atoms with E-state index in [-0.39, 0.29) is 5.91 Å². The molecule has 1 fully saturated rings. The van der Waals surface area contributed by atoms with Gasteiger partial charge in [0.15, 0.2) is 0 Å². The Morgan fingerprint density at radius 1 is 1.09 bits per heavy atom. The predicted octanol–water partition coefficient (Wildman–Crippen LogP) is 3.97. The molecule has 2 aromatic heterocycles. The second-order valence-electron chi connectivity index (χ2n) is 9.16. The Morgan fingerprint density at radius 3 is 2.42 bits per heavy atom. The molecule has 1 aliphatic heterocycles. The summed E-state index contributed by atoms with van der Waals surface area (Å²) in [5.41, 5.74) is 4.31. The highest BCUT2D eigenvalue weighted by Gasteiger charge is 2.32. The lowest BCUT2D eigenvalue weighted by molar-refractivity contribution is 0.0593. The zero-order valence-corrected chi connectivity index (χ0v) is 20.0. The molecular formula is C27H35N5O. The zero-order chi connectivity index (χ0) is 23.2. The predicted molar refractivity (Wildman–Crippen MR) is 131 cm³/mol. The van der Waals surface area contributed by atoms with E-state index in [0.717, 1.165) is 51.0 Å². The van der Waals surface area contributed by atoms with Crippen molar-refractivity contribution in [1.82, 2.24) is 24.6 Å². The van der Waals surface area contributed by atoms with Crippen LogP contribution in [0.1, 0.15) is 47.1 Å². The van der Waals surface area contributed by atoms with Crippen molar-refractivity contribution in [2.45, 2.75) is 45.2 Å². The number of likely N-dealkylation sites (N-methyl/N-ethyl adjacent to an activating group) is 1. The van der Waals surface area contributed by atoms with Crippen molar-refractivity contribution in [2.24, 2.45) is 13.0 Å². The van der Waals surface area contributed by atoms with Crippen LogP contribution in [0.2, 0.25) is 0 Å². The van der Waals surface area contributed by atoms with Crippen LogP contribution >= 0.6 is 0 Å². The van der Waals surface area contributed by atoms with E-state index in [4.69, 9.17) is 0 Å². The molecule has 0 radical (unpaired) electrons. The van der Waals surface area contributed by atoms with Crippen molar-refractivity contribution in [1.29, 1.82) is 0 Å². The first kappa shape index (κ1) is 23.2. The average Bonchev–Trinajstić information content (AvgIpc) is 3.24. The van der Waals surface area contributed by atoms with Gasteiger partial charge < -0.3 is 4.90 Å². The van der Waals surface area contributed by atoms with Crippen molar-refractivity contribution in [3.63, 3.8) is 0 Å². The summed E-state index contributed by atoms with van der Waals surface area (Å²) in [5, 5.41) is 4.46. The molecule has 33 heavy (non-hydrogen) atoms. The molecule has 0 bridgehead atoms. The van der Waals surface area contributed by atoms with E-state index in [9.17, 15) is 4.79 Å². The SMILES string of the molecule is CCc1cc(C(=O)N2CCC(C(Cc3ccccc3)N(C)Cc3ccncc3)CC2)n(C)n1. The van der Waals surface area contributed by atoms with Crippen LogP contribution in [-0.2, 0) is 26.4 Å². The highest BCUT2D eigenvalue weighted by atomic mass is 16.2. The number of likely N-dealkylation sites (tertiary alicyclic amines) is 1. The summed E-state index contributed by atoms with van der Waals surface area (Å²) in [6, 6.07) is 17.3. The van der Waals surface area contributed by atoms with E-state index in [1.807, 2.05) is 30.4 Å². The van der Waals surface area contributed by atoms with Gasteiger partial charge in [0.1, 0.15) is 5.69 Å².